The van der Waals surface area contributed by atoms with E-state index >= 15 is 0 Å². The lowest BCUT2D eigenvalue weighted by atomic mass is 10.1. The second-order valence-corrected chi connectivity index (χ2v) is 4.89. The molecule has 1 atom stereocenters. The van der Waals surface area contributed by atoms with Crippen molar-refractivity contribution in [3.8, 4) is 0 Å². The molecule has 1 heterocycles. The van der Waals surface area contributed by atoms with Gasteiger partial charge in [-0.1, -0.05) is 13.8 Å². The summed E-state index contributed by atoms with van der Waals surface area (Å²) in [6.45, 7) is 9.95. The molecule has 1 N–H and O–H groups in total. The molecular formula is C13H27N3O. The van der Waals surface area contributed by atoms with Crippen molar-refractivity contribution < 1.29 is 4.79 Å². The predicted molar refractivity (Wildman–Crippen MR) is 71.0 cm³/mol. The number of nitrogens with zero attached hydrogens (tertiary/aromatic N) is 2. The highest BCUT2D eigenvalue weighted by Gasteiger charge is 2.27. The summed E-state index contributed by atoms with van der Waals surface area (Å²) in [5.41, 5.74) is 0. The Kier molecular flexibility index (Phi) is 5.92. The first kappa shape index (κ1) is 14.5. The van der Waals surface area contributed by atoms with E-state index in [2.05, 4.69) is 31.1 Å². The molecule has 0 bridgehead atoms. The molecule has 0 spiro atoms. The van der Waals surface area contributed by atoms with Gasteiger partial charge in [0.25, 0.3) is 0 Å². The monoisotopic (exact) mass is 241 g/mol. The van der Waals surface area contributed by atoms with Crippen molar-refractivity contribution >= 4 is 5.91 Å². The van der Waals surface area contributed by atoms with Gasteiger partial charge in [0.15, 0.2) is 0 Å². The Morgan fingerprint density at radius 3 is 2.29 bits per heavy atom. The van der Waals surface area contributed by atoms with Crippen molar-refractivity contribution in [2.45, 2.75) is 45.7 Å². The largest absolute Gasteiger partial charge is 0.339 e. The fourth-order valence-electron chi connectivity index (χ4n) is 2.50. The molecule has 4 heteroatoms. The molecule has 0 aromatic carbocycles. The number of carbonyl (C=O) groups excluding carboxylic acids is 1. The molecule has 4 nitrogen and oxygen atoms in total. The molecule has 0 aromatic rings. The van der Waals surface area contributed by atoms with Crippen LogP contribution in [0.3, 0.4) is 0 Å². The Labute approximate surface area is 105 Å². The minimum Gasteiger partial charge on any atom is -0.339 e. The number of hydrogen-bond acceptors (Lipinski definition) is 3. The minimum absolute atomic E-state index is 0.00185. The topological polar surface area (TPSA) is 35.6 Å². The lowest BCUT2D eigenvalue weighted by Gasteiger charge is -2.36. The summed E-state index contributed by atoms with van der Waals surface area (Å²) in [7, 11) is 2.07. The van der Waals surface area contributed by atoms with E-state index in [9.17, 15) is 4.79 Å². The first-order valence-electron chi connectivity index (χ1n) is 6.83. The summed E-state index contributed by atoms with van der Waals surface area (Å²) >= 11 is 0. The zero-order chi connectivity index (χ0) is 12.8. The molecule has 1 aliphatic heterocycles. The summed E-state index contributed by atoms with van der Waals surface area (Å²) in [4.78, 5) is 16.5. The Balaban J connectivity index is 2.54. The van der Waals surface area contributed by atoms with E-state index in [0.29, 0.717) is 6.04 Å². The fourth-order valence-corrected chi connectivity index (χ4v) is 2.50. The van der Waals surface area contributed by atoms with Crippen molar-refractivity contribution in [2.24, 2.45) is 0 Å². The molecule has 1 fully saturated rings. The van der Waals surface area contributed by atoms with Gasteiger partial charge in [0.05, 0.1) is 6.04 Å². The van der Waals surface area contributed by atoms with Gasteiger partial charge in [0.1, 0.15) is 0 Å². The van der Waals surface area contributed by atoms with E-state index in [1.807, 2.05) is 11.8 Å². The Bertz CT molecular complexity index is 235. The maximum Gasteiger partial charge on any atom is 0.239 e. The van der Waals surface area contributed by atoms with Gasteiger partial charge in [-0.15, -0.1) is 0 Å². The van der Waals surface area contributed by atoms with Gasteiger partial charge in [-0.05, 0) is 26.8 Å². The van der Waals surface area contributed by atoms with E-state index in [4.69, 9.17) is 0 Å². The molecule has 1 unspecified atom stereocenters. The lowest BCUT2D eigenvalue weighted by Crippen LogP contribution is -2.54. The molecule has 1 rings (SSSR count). The maximum absolute atomic E-state index is 12.3. The predicted octanol–water partition coefficient (Wildman–Crippen LogP) is 0.927. The van der Waals surface area contributed by atoms with Crippen molar-refractivity contribution in [3.05, 3.63) is 0 Å². The van der Waals surface area contributed by atoms with Gasteiger partial charge in [-0.25, -0.2) is 0 Å². The average Bonchev–Trinajstić information content (AvgIpc) is 2.39. The molecular weight excluding hydrogens is 214 g/mol. The van der Waals surface area contributed by atoms with Crippen LogP contribution in [0.5, 0.6) is 0 Å². The SMILES string of the molecule is CCC(CC)N(C)C(C)C(=O)N1CCNCC1. The van der Waals surface area contributed by atoms with Crippen LogP contribution in [0.4, 0.5) is 0 Å². The number of hydrogen-bond donors (Lipinski definition) is 1. The third kappa shape index (κ3) is 3.68. The number of piperazine rings is 1. The second-order valence-electron chi connectivity index (χ2n) is 4.89. The number of likely N-dealkylation sites (N-methyl/N-ethyl adjacent to an activating group) is 1. The molecule has 0 saturated carbocycles. The standard InChI is InChI=1S/C13H27N3O/c1-5-12(6-2)15(4)11(3)13(17)16-9-7-14-8-10-16/h11-12,14H,5-10H2,1-4H3. The van der Waals surface area contributed by atoms with Crippen molar-refractivity contribution in [1.82, 2.24) is 15.1 Å². The van der Waals surface area contributed by atoms with Crippen LogP contribution in [0.25, 0.3) is 0 Å². The summed E-state index contributed by atoms with van der Waals surface area (Å²) in [5.74, 6) is 0.279. The zero-order valence-electron chi connectivity index (χ0n) is 11.7. The van der Waals surface area contributed by atoms with E-state index < -0.39 is 0 Å². The minimum atomic E-state index is -0.00185. The van der Waals surface area contributed by atoms with Gasteiger partial charge in [0.2, 0.25) is 5.91 Å². The van der Waals surface area contributed by atoms with Crippen LogP contribution in [-0.2, 0) is 4.79 Å². The molecule has 0 radical (unpaired) electrons. The summed E-state index contributed by atoms with van der Waals surface area (Å²) in [6, 6.07) is 0.509. The highest BCUT2D eigenvalue weighted by atomic mass is 16.2. The van der Waals surface area contributed by atoms with Crippen LogP contribution < -0.4 is 5.32 Å². The molecule has 1 saturated heterocycles. The van der Waals surface area contributed by atoms with Gasteiger partial charge in [0, 0.05) is 32.2 Å². The van der Waals surface area contributed by atoms with E-state index in [1.54, 1.807) is 0 Å². The van der Waals surface area contributed by atoms with E-state index in [1.165, 1.54) is 0 Å². The van der Waals surface area contributed by atoms with Crippen LogP contribution in [0, 0.1) is 0 Å². The molecule has 1 amide bonds. The Hall–Kier alpha value is -0.610. The van der Waals surface area contributed by atoms with Crippen molar-refractivity contribution in [2.75, 3.05) is 33.2 Å². The smallest absolute Gasteiger partial charge is 0.239 e. The quantitative estimate of drug-likeness (QED) is 0.778. The van der Waals surface area contributed by atoms with Crippen LogP contribution >= 0.6 is 0 Å². The van der Waals surface area contributed by atoms with E-state index in [-0.39, 0.29) is 11.9 Å². The van der Waals surface area contributed by atoms with Gasteiger partial charge >= 0.3 is 0 Å². The average molecular weight is 241 g/mol. The highest BCUT2D eigenvalue weighted by molar-refractivity contribution is 5.81. The van der Waals surface area contributed by atoms with Gasteiger partial charge in [-0.2, -0.15) is 0 Å². The molecule has 100 valence electrons. The maximum atomic E-state index is 12.3. The third-order valence-electron chi connectivity index (χ3n) is 3.92. The molecule has 17 heavy (non-hydrogen) atoms. The number of rotatable bonds is 5. The Morgan fingerprint density at radius 2 is 1.82 bits per heavy atom. The van der Waals surface area contributed by atoms with Crippen LogP contribution in [-0.4, -0.2) is 61.0 Å². The zero-order valence-corrected chi connectivity index (χ0v) is 11.7. The van der Waals surface area contributed by atoms with Crippen LogP contribution in [0.1, 0.15) is 33.6 Å². The summed E-state index contributed by atoms with van der Waals surface area (Å²) in [6.07, 6.45) is 2.21. The molecule has 0 aromatic heterocycles. The fraction of sp³-hybridized carbons (Fsp3) is 0.923. The first-order chi connectivity index (χ1) is 8.11. The highest BCUT2D eigenvalue weighted by Crippen LogP contribution is 2.12. The van der Waals surface area contributed by atoms with Crippen molar-refractivity contribution in [1.29, 1.82) is 0 Å². The number of nitrogens with one attached hydrogen (secondary N) is 1. The van der Waals surface area contributed by atoms with E-state index in [0.717, 1.165) is 39.0 Å². The van der Waals surface area contributed by atoms with Gasteiger partial charge in [-0.3, -0.25) is 9.69 Å². The van der Waals surface area contributed by atoms with Crippen molar-refractivity contribution in [3.63, 3.8) is 0 Å². The summed E-state index contributed by atoms with van der Waals surface area (Å²) < 4.78 is 0. The second kappa shape index (κ2) is 6.97. The Morgan fingerprint density at radius 1 is 1.29 bits per heavy atom. The molecule has 1 aliphatic rings. The number of carbonyl (C=O) groups is 1. The normalized spacial score (nSPS) is 18.8. The third-order valence-corrected chi connectivity index (χ3v) is 3.92. The number of amides is 1. The first-order valence-corrected chi connectivity index (χ1v) is 6.83. The van der Waals surface area contributed by atoms with Crippen LogP contribution in [0.15, 0.2) is 0 Å². The molecule has 0 aliphatic carbocycles. The van der Waals surface area contributed by atoms with Gasteiger partial charge < -0.3 is 10.2 Å². The lowest BCUT2D eigenvalue weighted by molar-refractivity contribution is -0.137. The van der Waals surface area contributed by atoms with Crippen LogP contribution in [0.2, 0.25) is 0 Å². The summed E-state index contributed by atoms with van der Waals surface area (Å²) in [5, 5.41) is 3.28.